The van der Waals surface area contributed by atoms with E-state index in [-0.39, 0.29) is 0 Å². The molecule has 48 valence electrons. The number of epoxide rings is 1. The van der Waals surface area contributed by atoms with Crippen LogP contribution in [0.25, 0.3) is 0 Å². The second-order valence-corrected chi connectivity index (χ2v) is 3.08. The van der Waals surface area contributed by atoms with Gasteiger partial charge < -0.3 is 4.74 Å². The second kappa shape index (κ2) is 1.82. The number of hydrogen-bond donors (Lipinski definition) is 0. The minimum Gasteiger partial charge on any atom is -0.368 e. The summed E-state index contributed by atoms with van der Waals surface area (Å²) >= 11 is 1.75. The van der Waals surface area contributed by atoms with E-state index in [1.807, 2.05) is 0 Å². The molecule has 0 radical (unpaired) electrons. The SMILES string of the molecule is Cc1cscc1[C@@H]1CO1. The van der Waals surface area contributed by atoms with Gasteiger partial charge in [0.25, 0.3) is 0 Å². The van der Waals surface area contributed by atoms with Gasteiger partial charge in [0, 0.05) is 0 Å². The molecule has 1 aromatic rings. The molecule has 0 spiro atoms. The molecule has 0 amide bonds. The van der Waals surface area contributed by atoms with E-state index in [4.69, 9.17) is 4.74 Å². The molecule has 9 heavy (non-hydrogen) atoms. The highest BCUT2D eigenvalue weighted by Gasteiger charge is 2.26. The van der Waals surface area contributed by atoms with E-state index in [9.17, 15) is 0 Å². The van der Waals surface area contributed by atoms with Gasteiger partial charge in [-0.25, -0.2) is 0 Å². The Kier molecular flexibility index (Phi) is 1.10. The zero-order chi connectivity index (χ0) is 6.27. The number of thiophene rings is 1. The van der Waals surface area contributed by atoms with Gasteiger partial charge >= 0.3 is 0 Å². The molecule has 1 aromatic heterocycles. The highest BCUT2D eigenvalue weighted by molar-refractivity contribution is 7.08. The van der Waals surface area contributed by atoms with Crippen LogP contribution in [0, 0.1) is 6.92 Å². The van der Waals surface area contributed by atoms with Crippen molar-refractivity contribution in [2.45, 2.75) is 13.0 Å². The molecule has 0 aliphatic carbocycles. The highest BCUT2D eigenvalue weighted by atomic mass is 32.1. The topological polar surface area (TPSA) is 12.5 Å². The van der Waals surface area contributed by atoms with Gasteiger partial charge in [0.15, 0.2) is 0 Å². The zero-order valence-corrected chi connectivity index (χ0v) is 6.07. The van der Waals surface area contributed by atoms with Gasteiger partial charge in [-0.15, -0.1) is 0 Å². The minimum absolute atomic E-state index is 0.441. The maximum absolute atomic E-state index is 5.14. The molecule has 1 aliphatic heterocycles. The van der Waals surface area contributed by atoms with E-state index in [2.05, 4.69) is 17.7 Å². The Bertz CT molecular complexity index is 212. The minimum atomic E-state index is 0.441. The van der Waals surface area contributed by atoms with Gasteiger partial charge in [-0.1, -0.05) is 0 Å². The van der Waals surface area contributed by atoms with Crippen molar-refractivity contribution in [3.8, 4) is 0 Å². The van der Waals surface area contributed by atoms with Crippen LogP contribution < -0.4 is 0 Å². The molecule has 2 heteroatoms. The van der Waals surface area contributed by atoms with Crippen molar-refractivity contribution >= 4 is 11.3 Å². The van der Waals surface area contributed by atoms with Gasteiger partial charge in [0.2, 0.25) is 0 Å². The van der Waals surface area contributed by atoms with Crippen LogP contribution in [-0.2, 0) is 4.74 Å². The summed E-state index contributed by atoms with van der Waals surface area (Å²) in [5.41, 5.74) is 2.77. The first-order chi connectivity index (χ1) is 4.38. The summed E-state index contributed by atoms with van der Waals surface area (Å²) in [5.74, 6) is 0. The molecule has 0 aromatic carbocycles. The fourth-order valence-electron chi connectivity index (χ4n) is 0.928. The molecule has 0 N–H and O–H groups in total. The van der Waals surface area contributed by atoms with Gasteiger partial charge in [0.05, 0.1) is 6.61 Å². The highest BCUT2D eigenvalue weighted by Crippen LogP contribution is 2.33. The molecule has 0 saturated carbocycles. The van der Waals surface area contributed by atoms with Crippen LogP contribution in [0.3, 0.4) is 0 Å². The van der Waals surface area contributed by atoms with E-state index < -0.39 is 0 Å². The van der Waals surface area contributed by atoms with Crippen LogP contribution in [-0.4, -0.2) is 6.61 Å². The molecular formula is C7H8OS. The maximum atomic E-state index is 5.14. The number of ether oxygens (including phenoxy) is 1. The van der Waals surface area contributed by atoms with Gasteiger partial charge in [0.1, 0.15) is 6.10 Å². The van der Waals surface area contributed by atoms with E-state index in [1.54, 1.807) is 11.3 Å². The molecule has 1 nitrogen and oxygen atoms in total. The summed E-state index contributed by atoms with van der Waals surface area (Å²) in [4.78, 5) is 0. The molecule has 1 aliphatic rings. The van der Waals surface area contributed by atoms with E-state index in [0.717, 1.165) is 6.61 Å². The van der Waals surface area contributed by atoms with E-state index >= 15 is 0 Å². The fourth-order valence-corrected chi connectivity index (χ4v) is 1.82. The molecule has 2 rings (SSSR count). The normalized spacial score (nSPS) is 24.3. The molecule has 1 fully saturated rings. The molecular weight excluding hydrogens is 132 g/mol. The Labute approximate surface area is 58.3 Å². The predicted octanol–water partition coefficient (Wildman–Crippen LogP) is 2.13. The van der Waals surface area contributed by atoms with Crippen molar-refractivity contribution in [3.05, 3.63) is 21.9 Å². The standard InChI is InChI=1S/C7H8OS/c1-5-3-9-4-6(5)7-2-8-7/h3-4,7H,2H2,1H3/t7-/m0/s1. The Balaban J connectivity index is 2.35. The second-order valence-electron chi connectivity index (χ2n) is 2.33. The number of rotatable bonds is 1. The third kappa shape index (κ3) is 0.884. The zero-order valence-electron chi connectivity index (χ0n) is 5.26. The average molecular weight is 140 g/mol. The molecule has 1 saturated heterocycles. The predicted molar refractivity (Wildman–Crippen MR) is 37.7 cm³/mol. The fraction of sp³-hybridized carbons (Fsp3) is 0.429. The van der Waals surface area contributed by atoms with E-state index in [1.165, 1.54) is 11.1 Å². The summed E-state index contributed by atoms with van der Waals surface area (Å²) in [7, 11) is 0. The first kappa shape index (κ1) is 5.45. The van der Waals surface area contributed by atoms with E-state index in [0.29, 0.717) is 6.10 Å². The van der Waals surface area contributed by atoms with Crippen molar-refractivity contribution < 1.29 is 4.74 Å². The first-order valence-electron chi connectivity index (χ1n) is 3.02. The third-order valence-corrected chi connectivity index (χ3v) is 2.46. The summed E-state index contributed by atoms with van der Waals surface area (Å²) in [5, 5.41) is 4.34. The number of hydrogen-bond acceptors (Lipinski definition) is 2. The van der Waals surface area contributed by atoms with Crippen molar-refractivity contribution in [3.63, 3.8) is 0 Å². The Hall–Kier alpha value is -0.340. The Morgan fingerprint density at radius 3 is 2.89 bits per heavy atom. The first-order valence-corrected chi connectivity index (χ1v) is 3.96. The van der Waals surface area contributed by atoms with Gasteiger partial charge in [-0.3, -0.25) is 0 Å². The number of aryl methyl sites for hydroxylation is 1. The molecule has 1 atom stereocenters. The van der Waals surface area contributed by atoms with Crippen LogP contribution in [0.2, 0.25) is 0 Å². The molecule has 2 heterocycles. The lowest BCUT2D eigenvalue weighted by Gasteiger charge is -1.88. The summed E-state index contributed by atoms with van der Waals surface area (Å²) in [6.45, 7) is 3.06. The van der Waals surface area contributed by atoms with Crippen molar-refractivity contribution in [2.24, 2.45) is 0 Å². The van der Waals surface area contributed by atoms with Crippen molar-refractivity contribution in [1.29, 1.82) is 0 Å². The largest absolute Gasteiger partial charge is 0.368 e. The van der Waals surface area contributed by atoms with Gasteiger partial charge in [-0.2, -0.15) is 11.3 Å². The van der Waals surface area contributed by atoms with Crippen LogP contribution in [0.4, 0.5) is 0 Å². The molecule has 0 bridgehead atoms. The maximum Gasteiger partial charge on any atom is 0.107 e. The van der Waals surface area contributed by atoms with Crippen LogP contribution in [0.5, 0.6) is 0 Å². The quantitative estimate of drug-likeness (QED) is 0.544. The Morgan fingerprint density at radius 2 is 2.44 bits per heavy atom. The van der Waals surface area contributed by atoms with Gasteiger partial charge in [-0.05, 0) is 28.8 Å². The average Bonchev–Trinajstić information content (AvgIpc) is 2.58. The van der Waals surface area contributed by atoms with Crippen molar-refractivity contribution in [2.75, 3.05) is 6.61 Å². The lowest BCUT2D eigenvalue weighted by Crippen LogP contribution is -1.76. The smallest absolute Gasteiger partial charge is 0.107 e. The lowest BCUT2D eigenvalue weighted by atomic mass is 10.2. The van der Waals surface area contributed by atoms with Crippen LogP contribution in [0.1, 0.15) is 17.2 Å². The summed E-state index contributed by atoms with van der Waals surface area (Å²) in [6, 6.07) is 0. The summed E-state index contributed by atoms with van der Waals surface area (Å²) < 4.78 is 5.14. The monoisotopic (exact) mass is 140 g/mol. The summed E-state index contributed by atoms with van der Waals surface area (Å²) in [6.07, 6.45) is 0.441. The Morgan fingerprint density at radius 1 is 1.67 bits per heavy atom. The van der Waals surface area contributed by atoms with Crippen LogP contribution >= 0.6 is 11.3 Å². The molecule has 0 unspecified atom stereocenters. The third-order valence-electron chi connectivity index (χ3n) is 1.58. The lowest BCUT2D eigenvalue weighted by molar-refractivity contribution is 0.415. The van der Waals surface area contributed by atoms with Crippen LogP contribution in [0.15, 0.2) is 10.8 Å². The van der Waals surface area contributed by atoms with Crippen molar-refractivity contribution in [1.82, 2.24) is 0 Å².